The van der Waals surface area contributed by atoms with E-state index < -0.39 is 0 Å². The van der Waals surface area contributed by atoms with Crippen LogP contribution < -0.4 is 0 Å². The predicted octanol–water partition coefficient (Wildman–Crippen LogP) is 4.05. The van der Waals surface area contributed by atoms with Gasteiger partial charge in [-0.2, -0.15) is 0 Å². The molecule has 1 heterocycles. The fraction of sp³-hybridized carbons (Fsp3) is 0.0625. The van der Waals surface area contributed by atoms with E-state index in [0.29, 0.717) is 5.39 Å². The van der Waals surface area contributed by atoms with E-state index >= 15 is 0 Å². The van der Waals surface area contributed by atoms with Crippen LogP contribution >= 0.6 is 0 Å². The molecule has 3 rings (SSSR count). The first-order valence-electron chi connectivity index (χ1n) is 5.99. The van der Waals surface area contributed by atoms with E-state index in [9.17, 15) is 9.50 Å². The van der Waals surface area contributed by atoms with Gasteiger partial charge in [0.05, 0.1) is 0 Å². The summed E-state index contributed by atoms with van der Waals surface area (Å²) in [4.78, 5) is 4.06. The second-order valence-corrected chi connectivity index (χ2v) is 4.52. The van der Waals surface area contributed by atoms with Gasteiger partial charge in [0.15, 0.2) is 0 Å². The summed E-state index contributed by atoms with van der Waals surface area (Å²) in [5.41, 5.74) is 2.78. The second-order valence-electron chi connectivity index (χ2n) is 4.52. The van der Waals surface area contributed by atoms with Crippen LogP contribution in [0.4, 0.5) is 4.39 Å². The van der Waals surface area contributed by atoms with Crippen LogP contribution in [0.3, 0.4) is 0 Å². The summed E-state index contributed by atoms with van der Waals surface area (Å²) in [5, 5.41) is 10.9. The molecule has 19 heavy (non-hydrogen) atoms. The number of aromatic nitrogens is 1. The number of aromatic hydroxyl groups is 1. The zero-order chi connectivity index (χ0) is 13.4. The van der Waals surface area contributed by atoms with Crippen molar-refractivity contribution in [3.63, 3.8) is 0 Å². The lowest BCUT2D eigenvalue weighted by Gasteiger charge is -2.10. The average Bonchev–Trinajstić information content (AvgIpc) is 2.43. The van der Waals surface area contributed by atoms with Crippen molar-refractivity contribution in [3.05, 3.63) is 60.2 Å². The van der Waals surface area contributed by atoms with Gasteiger partial charge in [-0.15, -0.1) is 0 Å². The fourth-order valence-corrected chi connectivity index (χ4v) is 2.29. The smallest absolute Gasteiger partial charge is 0.131 e. The number of halogens is 1. The van der Waals surface area contributed by atoms with Crippen molar-refractivity contribution in [1.29, 1.82) is 0 Å². The standard InChI is InChI=1S/C16H12FNO/c1-10-2-3-11(19)8-14(10)12-4-5-16(17)13-6-7-18-9-15(12)13/h2-9,19H,1H3. The molecule has 0 bridgehead atoms. The molecule has 0 aliphatic rings. The summed E-state index contributed by atoms with van der Waals surface area (Å²) < 4.78 is 13.8. The molecule has 3 heteroatoms. The Bertz CT molecular complexity index is 768. The summed E-state index contributed by atoms with van der Waals surface area (Å²) in [6.07, 6.45) is 3.22. The normalized spacial score (nSPS) is 10.8. The second kappa shape index (κ2) is 4.35. The van der Waals surface area contributed by atoms with Crippen LogP contribution in [0.5, 0.6) is 5.75 Å². The highest BCUT2D eigenvalue weighted by molar-refractivity contribution is 5.97. The van der Waals surface area contributed by atoms with Crippen LogP contribution in [-0.2, 0) is 0 Å². The van der Waals surface area contributed by atoms with Gasteiger partial charge in [-0.05, 0) is 47.9 Å². The van der Waals surface area contributed by atoms with Gasteiger partial charge < -0.3 is 5.11 Å². The van der Waals surface area contributed by atoms with Crippen molar-refractivity contribution < 1.29 is 9.50 Å². The number of phenolic OH excluding ortho intramolecular Hbond substituents is 1. The molecule has 0 atom stereocenters. The molecule has 2 aromatic carbocycles. The minimum Gasteiger partial charge on any atom is -0.508 e. The van der Waals surface area contributed by atoms with Crippen LogP contribution in [0.25, 0.3) is 21.9 Å². The highest BCUT2D eigenvalue weighted by Gasteiger charge is 2.10. The maximum Gasteiger partial charge on any atom is 0.131 e. The lowest BCUT2D eigenvalue weighted by molar-refractivity contribution is 0.475. The quantitative estimate of drug-likeness (QED) is 0.709. The zero-order valence-corrected chi connectivity index (χ0v) is 10.4. The summed E-state index contributed by atoms with van der Waals surface area (Å²) in [6, 6.07) is 10.0. The molecule has 94 valence electrons. The third-order valence-corrected chi connectivity index (χ3v) is 3.28. The van der Waals surface area contributed by atoms with Gasteiger partial charge in [0.1, 0.15) is 11.6 Å². The molecule has 0 aliphatic carbocycles. The zero-order valence-electron chi connectivity index (χ0n) is 10.4. The van der Waals surface area contributed by atoms with E-state index in [-0.39, 0.29) is 11.6 Å². The Morgan fingerprint density at radius 2 is 1.84 bits per heavy atom. The molecule has 1 aromatic heterocycles. The number of hydrogen-bond acceptors (Lipinski definition) is 2. The number of hydrogen-bond donors (Lipinski definition) is 1. The Balaban J connectivity index is 2.37. The van der Waals surface area contributed by atoms with Gasteiger partial charge >= 0.3 is 0 Å². The monoisotopic (exact) mass is 253 g/mol. The van der Waals surface area contributed by atoms with Crippen molar-refractivity contribution in [2.24, 2.45) is 0 Å². The molecule has 0 saturated heterocycles. The Kier molecular flexibility index (Phi) is 2.67. The van der Waals surface area contributed by atoms with E-state index in [4.69, 9.17) is 0 Å². The van der Waals surface area contributed by atoms with Gasteiger partial charge in [-0.3, -0.25) is 4.98 Å². The highest BCUT2D eigenvalue weighted by atomic mass is 19.1. The van der Waals surface area contributed by atoms with E-state index in [2.05, 4.69) is 4.98 Å². The maximum atomic E-state index is 13.8. The molecule has 0 radical (unpaired) electrons. The Labute approximate surface area is 110 Å². The third kappa shape index (κ3) is 1.93. The Morgan fingerprint density at radius 3 is 2.68 bits per heavy atom. The molecule has 1 N–H and O–H groups in total. The van der Waals surface area contributed by atoms with Gasteiger partial charge in [0.2, 0.25) is 0 Å². The number of nitrogens with zero attached hydrogens (tertiary/aromatic N) is 1. The molecule has 0 fully saturated rings. The number of pyridine rings is 1. The summed E-state index contributed by atoms with van der Waals surface area (Å²) in [5.74, 6) is -0.0686. The molecule has 0 aliphatic heterocycles. The SMILES string of the molecule is Cc1ccc(O)cc1-c1ccc(F)c2ccncc12. The van der Waals surface area contributed by atoms with Gasteiger partial charge in [0, 0.05) is 23.2 Å². The highest BCUT2D eigenvalue weighted by Crippen LogP contribution is 2.33. The molecule has 2 nitrogen and oxygen atoms in total. The topological polar surface area (TPSA) is 33.1 Å². The van der Waals surface area contributed by atoms with Crippen molar-refractivity contribution >= 4 is 10.8 Å². The molecule has 0 amide bonds. The first-order chi connectivity index (χ1) is 9.16. The summed E-state index contributed by atoms with van der Waals surface area (Å²) in [7, 11) is 0. The lowest BCUT2D eigenvalue weighted by Crippen LogP contribution is -1.88. The first-order valence-corrected chi connectivity index (χ1v) is 5.99. The number of benzene rings is 2. The fourth-order valence-electron chi connectivity index (χ4n) is 2.29. The van der Waals surface area contributed by atoms with Crippen LogP contribution in [-0.4, -0.2) is 10.1 Å². The summed E-state index contributed by atoms with van der Waals surface area (Å²) in [6.45, 7) is 1.96. The number of fused-ring (bicyclic) bond motifs is 1. The van der Waals surface area contributed by atoms with Crippen LogP contribution in [0.2, 0.25) is 0 Å². The first kappa shape index (κ1) is 11.7. The average molecular weight is 253 g/mol. The Morgan fingerprint density at radius 1 is 1.00 bits per heavy atom. The number of aryl methyl sites for hydroxylation is 1. The molecule has 0 unspecified atom stereocenters. The number of phenols is 1. The lowest BCUT2D eigenvalue weighted by atomic mass is 9.96. The predicted molar refractivity (Wildman–Crippen MR) is 73.5 cm³/mol. The number of rotatable bonds is 1. The van der Waals surface area contributed by atoms with E-state index in [1.54, 1.807) is 36.7 Å². The molecule has 3 aromatic rings. The van der Waals surface area contributed by atoms with Gasteiger partial charge in [-0.1, -0.05) is 12.1 Å². The van der Waals surface area contributed by atoms with Crippen LogP contribution in [0, 0.1) is 12.7 Å². The van der Waals surface area contributed by atoms with Crippen LogP contribution in [0.15, 0.2) is 48.8 Å². The molecule has 0 spiro atoms. The third-order valence-electron chi connectivity index (χ3n) is 3.28. The van der Waals surface area contributed by atoms with Gasteiger partial charge in [0.25, 0.3) is 0 Å². The summed E-state index contributed by atoms with van der Waals surface area (Å²) >= 11 is 0. The van der Waals surface area contributed by atoms with Crippen molar-refractivity contribution in [3.8, 4) is 16.9 Å². The molecular weight excluding hydrogens is 241 g/mol. The molecular formula is C16H12FNO. The minimum atomic E-state index is -0.265. The van der Waals surface area contributed by atoms with Gasteiger partial charge in [-0.25, -0.2) is 4.39 Å². The maximum absolute atomic E-state index is 13.8. The largest absolute Gasteiger partial charge is 0.508 e. The van der Waals surface area contributed by atoms with E-state index in [0.717, 1.165) is 22.1 Å². The molecule has 0 saturated carbocycles. The van der Waals surface area contributed by atoms with Crippen LogP contribution in [0.1, 0.15) is 5.56 Å². The van der Waals surface area contributed by atoms with Crippen molar-refractivity contribution in [1.82, 2.24) is 4.98 Å². The van der Waals surface area contributed by atoms with Crippen molar-refractivity contribution in [2.45, 2.75) is 6.92 Å². The minimum absolute atomic E-state index is 0.196. The van der Waals surface area contributed by atoms with E-state index in [1.807, 2.05) is 13.0 Å². The van der Waals surface area contributed by atoms with E-state index in [1.165, 1.54) is 6.07 Å². The Hall–Kier alpha value is -2.42. The van der Waals surface area contributed by atoms with Crippen molar-refractivity contribution in [2.75, 3.05) is 0 Å².